The average molecular weight is 504 g/mol. The van der Waals surface area contributed by atoms with Gasteiger partial charge >= 0.3 is 0 Å². The lowest BCUT2D eigenvalue weighted by Crippen LogP contribution is -2.43. The number of nitrogens with one attached hydrogen (secondary N) is 1. The summed E-state index contributed by atoms with van der Waals surface area (Å²) < 4.78 is 27.4. The highest BCUT2D eigenvalue weighted by Crippen LogP contribution is 2.32. The number of rotatable bonds is 4. The number of halogens is 2. The van der Waals surface area contributed by atoms with Crippen LogP contribution in [0.3, 0.4) is 0 Å². The van der Waals surface area contributed by atoms with E-state index in [0.717, 1.165) is 28.0 Å². The van der Waals surface area contributed by atoms with E-state index in [2.05, 4.69) is 10.3 Å². The highest BCUT2D eigenvalue weighted by atomic mass is 19.3. The lowest BCUT2D eigenvalue weighted by Gasteiger charge is -2.25. The number of likely N-dealkylation sites (N-methyl/N-ethyl adjacent to an activating group) is 1. The summed E-state index contributed by atoms with van der Waals surface area (Å²) in [5.41, 5.74) is 4.21. The highest BCUT2D eigenvalue weighted by molar-refractivity contribution is 6.07. The van der Waals surface area contributed by atoms with Gasteiger partial charge in [0.25, 0.3) is 17.7 Å². The van der Waals surface area contributed by atoms with E-state index < -0.39 is 43.3 Å². The predicted octanol–water partition coefficient (Wildman–Crippen LogP) is 3.02. The predicted molar refractivity (Wildman–Crippen MR) is 131 cm³/mol. The summed E-state index contributed by atoms with van der Waals surface area (Å²) in [6, 6.07) is 13.2. The molecule has 0 unspecified atom stereocenters. The van der Waals surface area contributed by atoms with Gasteiger partial charge < -0.3 is 15.1 Å². The van der Waals surface area contributed by atoms with E-state index in [1.165, 1.54) is 12.3 Å². The van der Waals surface area contributed by atoms with Crippen molar-refractivity contribution in [3.8, 4) is 17.2 Å². The molecule has 3 heterocycles. The van der Waals surface area contributed by atoms with Gasteiger partial charge in [-0.05, 0) is 47.4 Å². The Morgan fingerprint density at radius 2 is 1.95 bits per heavy atom. The normalized spacial score (nSPS) is 18.4. The standard InChI is InChI=1S/C27H23F2N5O3/c1-33-9-7-18-10-16(2-4-20(18)26(33)37)17-3-5-23-22(11-17)21(6-8-31-23)25(36)32-14-24(35)34-15-27(28,29)12-19(34)13-30/h2-6,8,10-11,19H,7,9,12,14-15H2,1H3,(H,32,36)/t19-/m0/s1. The molecule has 1 saturated heterocycles. The largest absolute Gasteiger partial charge is 0.343 e. The molecule has 1 fully saturated rings. The molecule has 10 heteroatoms. The van der Waals surface area contributed by atoms with E-state index in [1.807, 2.05) is 30.3 Å². The van der Waals surface area contributed by atoms with E-state index in [9.17, 15) is 23.2 Å². The van der Waals surface area contributed by atoms with Crippen LogP contribution in [0, 0.1) is 11.3 Å². The quantitative estimate of drug-likeness (QED) is 0.589. The first-order valence-corrected chi connectivity index (χ1v) is 11.8. The minimum Gasteiger partial charge on any atom is -0.343 e. The summed E-state index contributed by atoms with van der Waals surface area (Å²) >= 11 is 0. The Morgan fingerprint density at radius 1 is 1.19 bits per heavy atom. The molecule has 3 amide bonds. The third kappa shape index (κ3) is 4.60. The van der Waals surface area contributed by atoms with E-state index in [1.54, 1.807) is 24.1 Å². The third-order valence-electron chi connectivity index (χ3n) is 6.86. The first-order chi connectivity index (χ1) is 17.7. The Labute approximate surface area is 211 Å². The van der Waals surface area contributed by atoms with Gasteiger partial charge in [-0.3, -0.25) is 19.4 Å². The van der Waals surface area contributed by atoms with Crippen molar-refractivity contribution in [2.45, 2.75) is 24.8 Å². The minimum absolute atomic E-state index is 0.0113. The first kappa shape index (κ1) is 24.3. The number of aromatic nitrogens is 1. The van der Waals surface area contributed by atoms with E-state index in [-0.39, 0.29) is 11.5 Å². The maximum absolute atomic E-state index is 13.7. The lowest BCUT2D eigenvalue weighted by molar-refractivity contribution is -0.131. The number of pyridine rings is 1. The van der Waals surface area contributed by atoms with Gasteiger partial charge in [-0.15, -0.1) is 0 Å². The van der Waals surface area contributed by atoms with Crippen LogP contribution < -0.4 is 5.32 Å². The number of alkyl halides is 2. The fourth-order valence-electron chi connectivity index (χ4n) is 4.85. The summed E-state index contributed by atoms with van der Waals surface area (Å²) in [5.74, 6) is -4.44. The molecule has 0 spiro atoms. The van der Waals surface area contributed by atoms with Crippen LogP contribution in [0.1, 0.15) is 32.7 Å². The molecule has 1 atom stereocenters. The molecule has 37 heavy (non-hydrogen) atoms. The molecular formula is C27H23F2N5O3. The molecule has 0 aliphatic carbocycles. The summed E-state index contributed by atoms with van der Waals surface area (Å²) in [6.45, 7) is -0.710. The maximum Gasteiger partial charge on any atom is 0.268 e. The van der Waals surface area contributed by atoms with Gasteiger partial charge in [0.05, 0.1) is 30.2 Å². The van der Waals surface area contributed by atoms with Crippen LogP contribution in [0.2, 0.25) is 0 Å². The molecule has 188 valence electrons. The van der Waals surface area contributed by atoms with Crippen molar-refractivity contribution in [1.82, 2.24) is 20.1 Å². The van der Waals surface area contributed by atoms with Crippen LogP contribution in [-0.2, 0) is 11.2 Å². The molecule has 1 N–H and O–H groups in total. The van der Waals surface area contributed by atoms with Crippen LogP contribution in [-0.4, -0.2) is 71.2 Å². The van der Waals surface area contributed by atoms with Gasteiger partial charge in [0.1, 0.15) is 6.04 Å². The SMILES string of the molecule is CN1CCc2cc(-c3ccc4nccc(C(=O)NCC(=O)N5CC(F)(F)C[C@H]5C#N)c4c3)ccc2C1=O. The second kappa shape index (κ2) is 9.24. The molecular weight excluding hydrogens is 480 g/mol. The van der Waals surface area contributed by atoms with Crippen molar-refractivity contribution in [1.29, 1.82) is 5.26 Å². The summed E-state index contributed by atoms with van der Waals surface area (Å²) in [7, 11) is 1.78. The maximum atomic E-state index is 13.7. The van der Waals surface area contributed by atoms with Gasteiger partial charge in [0.15, 0.2) is 0 Å². The Hall–Kier alpha value is -4.39. The van der Waals surface area contributed by atoms with Crippen molar-refractivity contribution < 1.29 is 23.2 Å². The average Bonchev–Trinajstić information content (AvgIpc) is 3.23. The Balaban J connectivity index is 1.38. The van der Waals surface area contributed by atoms with Crippen molar-refractivity contribution in [3.63, 3.8) is 0 Å². The fourth-order valence-corrected chi connectivity index (χ4v) is 4.85. The van der Waals surface area contributed by atoms with E-state index >= 15 is 0 Å². The zero-order chi connectivity index (χ0) is 26.3. The van der Waals surface area contributed by atoms with Gasteiger partial charge in [-0.2, -0.15) is 5.26 Å². The molecule has 1 aromatic heterocycles. The molecule has 2 aliphatic rings. The fraction of sp³-hybridized carbons (Fsp3) is 0.296. The number of hydrogen-bond donors (Lipinski definition) is 1. The highest BCUT2D eigenvalue weighted by Gasteiger charge is 2.47. The van der Waals surface area contributed by atoms with Crippen LogP contribution in [0.5, 0.6) is 0 Å². The molecule has 2 aliphatic heterocycles. The number of benzene rings is 2. The number of carbonyl (C=O) groups excluding carboxylic acids is 3. The summed E-state index contributed by atoms with van der Waals surface area (Å²) in [4.78, 5) is 44.7. The van der Waals surface area contributed by atoms with E-state index in [4.69, 9.17) is 5.26 Å². The van der Waals surface area contributed by atoms with Gasteiger partial charge in [0, 0.05) is 37.2 Å². The van der Waals surface area contributed by atoms with E-state index in [0.29, 0.717) is 23.0 Å². The van der Waals surface area contributed by atoms with Gasteiger partial charge in [0.2, 0.25) is 5.91 Å². The van der Waals surface area contributed by atoms with Gasteiger partial charge in [-0.1, -0.05) is 18.2 Å². The molecule has 0 saturated carbocycles. The first-order valence-electron chi connectivity index (χ1n) is 11.8. The molecule has 5 rings (SSSR count). The number of fused-ring (bicyclic) bond motifs is 2. The Morgan fingerprint density at radius 3 is 2.73 bits per heavy atom. The topological polar surface area (TPSA) is 106 Å². The Kier molecular flexibility index (Phi) is 6.07. The summed E-state index contributed by atoms with van der Waals surface area (Å²) in [5, 5.41) is 12.2. The van der Waals surface area contributed by atoms with Crippen LogP contribution in [0.15, 0.2) is 48.7 Å². The number of nitrogens with zero attached hydrogens (tertiary/aromatic N) is 4. The molecule has 2 aromatic carbocycles. The van der Waals surface area contributed by atoms with Crippen LogP contribution >= 0.6 is 0 Å². The minimum atomic E-state index is -3.13. The Bertz CT molecular complexity index is 1480. The smallest absolute Gasteiger partial charge is 0.268 e. The number of hydrogen-bond acceptors (Lipinski definition) is 5. The van der Waals surface area contributed by atoms with Crippen molar-refractivity contribution in [2.75, 3.05) is 26.7 Å². The van der Waals surface area contributed by atoms with Crippen LogP contribution in [0.4, 0.5) is 8.78 Å². The van der Waals surface area contributed by atoms with Crippen molar-refractivity contribution in [2.24, 2.45) is 0 Å². The lowest BCUT2D eigenvalue weighted by atomic mass is 9.93. The second-order valence-electron chi connectivity index (χ2n) is 9.35. The molecule has 3 aromatic rings. The molecule has 0 bridgehead atoms. The number of nitriles is 1. The number of likely N-dealkylation sites (tertiary alicyclic amines) is 1. The van der Waals surface area contributed by atoms with Crippen LogP contribution in [0.25, 0.3) is 22.0 Å². The number of carbonyl (C=O) groups is 3. The molecule has 0 radical (unpaired) electrons. The zero-order valence-corrected chi connectivity index (χ0v) is 20.0. The van der Waals surface area contributed by atoms with Gasteiger partial charge in [-0.25, -0.2) is 8.78 Å². The second-order valence-corrected chi connectivity index (χ2v) is 9.35. The number of amides is 3. The summed E-state index contributed by atoms with van der Waals surface area (Å²) in [6.07, 6.45) is 1.51. The van der Waals surface area contributed by atoms with Crippen molar-refractivity contribution in [3.05, 3.63) is 65.4 Å². The monoisotopic (exact) mass is 503 g/mol. The van der Waals surface area contributed by atoms with Crippen molar-refractivity contribution >= 4 is 28.6 Å². The zero-order valence-electron chi connectivity index (χ0n) is 20.0. The molecule has 8 nitrogen and oxygen atoms in total. The third-order valence-corrected chi connectivity index (χ3v) is 6.86.